The molecular formula is C22H16F12N2O2S. The number of sulfonamides is 1. The van der Waals surface area contributed by atoms with Gasteiger partial charge in [-0.2, -0.15) is 70.6 Å². The maximum atomic E-state index is 14.5. The van der Waals surface area contributed by atoms with Crippen LogP contribution < -0.4 is 0 Å². The molecule has 3 rings (SSSR count). The van der Waals surface area contributed by atoms with Gasteiger partial charge in [-0.15, -0.1) is 0 Å². The van der Waals surface area contributed by atoms with Gasteiger partial charge in [0.05, 0.1) is 22.2 Å². The van der Waals surface area contributed by atoms with Crippen LogP contribution >= 0.6 is 0 Å². The predicted molar refractivity (Wildman–Crippen MR) is 112 cm³/mol. The Morgan fingerprint density at radius 1 is 0.795 bits per heavy atom. The number of rotatable bonds is 7. The molecule has 0 aliphatic carbocycles. The lowest BCUT2D eigenvalue weighted by Gasteiger charge is -2.35. The zero-order valence-electron chi connectivity index (χ0n) is 19.3. The highest BCUT2D eigenvalue weighted by Gasteiger charge is 2.81. The molecular weight excluding hydrogens is 584 g/mol. The van der Waals surface area contributed by atoms with Crippen molar-refractivity contribution >= 4 is 15.7 Å². The Labute approximate surface area is 213 Å². The second-order valence-electron chi connectivity index (χ2n) is 8.63. The van der Waals surface area contributed by atoms with Gasteiger partial charge in [0.2, 0.25) is 0 Å². The molecule has 0 fully saturated rings. The fraction of sp³-hybridized carbons (Fsp3) is 0.409. The Hall–Kier alpha value is -2.98. The molecule has 2 aromatic rings. The van der Waals surface area contributed by atoms with E-state index in [1.54, 1.807) is 6.92 Å². The number of nitrogens with zero attached hydrogens (tertiary/aromatic N) is 2. The van der Waals surface area contributed by atoms with Gasteiger partial charge in [-0.25, -0.2) is 0 Å². The quantitative estimate of drug-likeness (QED) is 0.320. The molecule has 1 aliphatic heterocycles. The van der Waals surface area contributed by atoms with E-state index in [4.69, 9.17) is 0 Å². The van der Waals surface area contributed by atoms with E-state index < -0.39 is 75.2 Å². The van der Waals surface area contributed by atoms with Crippen LogP contribution in [-0.2, 0) is 16.2 Å². The summed E-state index contributed by atoms with van der Waals surface area (Å²) in [6.45, 7) is 1.54. The molecule has 1 heterocycles. The summed E-state index contributed by atoms with van der Waals surface area (Å²) in [5, 5.41) is 3.57. The van der Waals surface area contributed by atoms with E-state index in [-0.39, 0.29) is 9.98 Å². The van der Waals surface area contributed by atoms with Crippen molar-refractivity contribution in [1.29, 1.82) is 0 Å². The predicted octanol–water partition coefficient (Wildman–Crippen LogP) is 7.04. The third-order valence-electron chi connectivity index (χ3n) is 5.77. The van der Waals surface area contributed by atoms with Gasteiger partial charge < -0.3 is 0 Å². The van der Waals surface area contributed by atoms with E-state index >= 15 is 0 Å². The Morgan fingerprint density at radius 2 is 1.31 bits per heavy atom. The highest BCUT2D eigenvalue weighted by molar-refractivity contribution is 7.89. The molecule has 0 aromatic heterocycles. The molecule has 1 unspecified atom stereocenters. The van der Waals surface area contributed by atoms with Crippen LogP contribution in [0.3, 0.4) is 0 Å². The minimum atomic E-state index is -7.19. The van der Waals surface area contributed by atoms with Crippen LogP contribution in [0.1, 0.15) is 29.5 Å². The number of hydrazone groups is 1. The number of benzene rings is 2. The number of aryl methyl sites for hydroxylation is 1. The van der Waals surface area contributed by atoms with Crippen molar-refractivity contribution in [3.63, 3.8) is 0 Å². The average Bonchev–Trinajstić information content (AvgIpc) is 3.22. The van der Waals surface area contributed by atoms with E-state index in [1.165, 1.54) is 12.1 Å². The number of hydrogen-bond donors (Lipinski definition) is 0. The second kappa shape index (κ2) is 9.59. The fourth-order valence-corrected chi connectivity index (χ4v) is 5.06. The van der Waals surface area contributed by atoms with Crippen LogP contribution in [0, 0.1) is 6.92 Å². The van der Waals surface area contributed by atoms with Crippen LogP contribution in [-0.4, -0.2) is 48.5 Å². The lowest BCUT2D eigenvalue weighted by molar-refractivity contribution is -0.397. The Balaban J connectivity index is 2.06. The minimum Gasteiger partial charge on any atom is -0.200 e. The molecule has 0 N–H and O–H groups in total. The summed E-state index contributed by atoms with van der Waals surface area (Å²) in [4.78, 5) is -0.619. The van der Waals surface area contributed by atoms with Gasteiger partial charge in [-0.3, -0.25) is 0 Å². The zero-order valence-corrected chi connectivity index (χ0v) is 20.1. The molecule has 0 radical (unpaired) electrons. The van der Waals surface area contributed by atoms with E-state index in [9.17, 15) is 61.1 Å². The van der Waals surface area contributed by atoms with Crippen LogP contribution in [0.15, 0.2) is 58.5 Å². The van der Waals surface area contributed by atoms with Gasteiger partial charge in [0.1, 0.15) is 0 Å². The maximum absolute atomic E-state index is 14.5. The highest BCUT2D eigenvalue weighted by Crippen LogP contribution is 2.55. The van der Waals surface area contributed by atoms with Gasteiger partial charge in [-0.1, -0.05) is 29.8 Å². The number of halogens is 12. The van der Waals surface area contributed by atoms with Crippen LogP contribution in [0.4, 0.5) is 52.7 Å². The van der Waals surface area contributed by atoms with Gasteiger partial charge >= 0.3 is 30.1 Å². The molecule has 1 aliphatic rings. The van der Waals surface area contributed by atoms with Crippen molar-refractivity contribution < 1.29 is 61.1 Å². The summed E-state index contributed by atoms with van der Waals surface area (Å²) >= 11 is 0. The summed E-state index contributed by atoms with van der Waals surface area (Å²) < 4.78 is 186. The third kappa shape index (κ3) is 5.54. The fourth-order valence-electron chi connectivity index (χ4n) is 3.62. The first-order chi connectivity index (χ1) is 17.5. The van der Waals surface area contributed by atoms with Crippen molar-refractivity contribution in [2.45, 2.75) is 60.8 Å². The Bertz CT molecular complexity index is 1330. The average molecular weight is 600 g/mol. The number of alkyl halides is 12. The Kier molecular flexibility index (Phi) is 7.51. The maximum Gasteiger partial charge on any atom is 0.460 e. The first-order valence-electron chi connectivity index (χ1n) is 10.6. The van der Waals surface area contributed by atoms with Crippen molar-refractivity contribution in [3.05, 3.63) is 65.2 Å². The molecule has 1 atom stereocenters. The summed E-state index contributed by atoms with van der Waals surface area (Å²) in [5.74, 6) is -20.3. The summed E-state index contributed by atoms with van der Waals surface area (Å²) in [6.07, 6.45) is -15.4. The molecule has 4 nitrogen and oxygen atoms in total. The molecule has 17 heteroatoms. The topological polar surface area (TPSA) is 49.7 Å². The van der Waals surface area contributed by atoms with E-state index in [0.29, 0.717) is 17.7 Å². The van der Waals surface area contributed by atoms with Crippen LogP contribution in [0.5, 0.6) is 0 Å². The summed E-state index contributed by atoms with van der Waals surface area (Å²) in [5.41, 5.74) is -1.43. The largest absolute Gasteiger partial charge is 0.460 e. The van der Waals surface area contributed by atoms with Gasteiger partial charge in [0, 0.05) is 12.8 Å². The van der Waals surface area contributed by atoms with Gasteiger partial charge in [-0.05, 0) is 36.8 Å². The second-order valence-corrected chi connectivity index (χ2v) is 10.4. The normalized spacial score (nSPS) is 17.9. The first kappa shape index (κ1) is 30.6. The van der Waals surface area contributed by atoms with E-state index in [1.807, 2.05) is 0 Å². The van der Waals surface area contributed by atoms with E-state index in [2.05, 4.69) is 5.10 Å². The SMILES string of the molecule is Cc1ccc(S(=O)(=O)N2N=C(c3ccc(C(F)(F)F)cc3)CC2CC(F)(F)C(F)(F)C(F)(F)C(F)(F)F)cc1. The number of hydrogen-bond acceptors (Lipinski definition) is 3. The molecule has 2 aromatic carbocycles. The standard InChI is InChI=1S/C22H16F12N2O2S/c1-12-2-8-16(9-3-12)39(37,38)36-15(11-18(23,24)20(28,29)21(30,31)22(32,33)34)10-17(35-36)13-4-6-14(7-5-13)19(25,26)27/h2-9,15H,10-11H2,1H3. The monoisotopic (exact) mass is 600 g/mol. The van der Waals surface area contributed by atoms with Gasteiger partial charge in [0.25, 0.3) is 10.0 Å². The first-order valence-corrected chi connectivity index (χ1v) is 12.0. The molecule has 0 amide bonds. The van der Waals surface area contributed by atoms with Crippen molar-refractivity contribution in [2.75, 3.05) is 0 Å². The lowest BCUT2D eigenvalue weighted by atomic mass is 9.94. The molecule has 0 saturated carbocycles. The van der Waals surface area contributed by atoms with Crippen LogP contribution in [0.25, 0.3) is 0 Å². The zero-order chi connectivity index (χ0) is 29.8. The highest BCUT2D eigenvalue weighted by atomic mass is 32.2. The minimum absolute atomic E-state index is 0.139. The smallest absolute Gasteiger partial charge is 0.200 e. The summed E-state index contributed by atoms with van der Waals surface area (Å²) in [7, 11) is -4.98. The molecule has 0 spiro atoms. The summed E-state index contributed by atoms with van der Waals surface area (Å²) in [6, 6.07) is 4.62. The molecule has 0 saturated heterocycles. The molecule has 216 valence electrons. The Morgan fingerprint density at radius 3 is 1.77 bits per heavy atom. The molecule has 39 heavy (non-hydrogen) atoms. The third-order valence-corrected chi connectivity index (χ3v) is 7.51. The van der Waals surface area contributed by atoms with Crippen molar-refractivity contribution in [1.82, 2.24) is 4.41 Å². The van der Waals surface area contributed by atoms with Crippen LogP contribution in [0.2, 0.25) is 0 Å². The lowest BCUT2D eigenvalue weighted by Crippen LogP contribution is -2.61. The van der Waals surface area contributed by atoms with Gasteiger partial charge in [0.15, 0.2) is 0 Å². The van der Waals surface area contributed by atoms with Crippen molar-refractivity contribution in [3.8, 4) is 0 Å². The van der Waals surface area contributed by atoms with E-state index in [0.717, 1.165) is 24.3 Å². The molecule has 0 bridgehead atoms. The van der Waals surface area contributed by atoms with Crippen molar-refractivity contribution in [2.24, 2.45) is 5.10 Å².